The van der Waals surface area contributed by atoms with Gasteiger partial charge in [0.2, 0.25) is 0 Å². The van der Waals surface area contributed by atoms with Crippen molar-refractivity contribution in [3.05, 3.63) is 68.9 Å². The van der Waals surface area contributed by atoms with Crippen molar-refractivity contribution >= 4 is 21.7 Å². The number of hydrogen-bond acceptors (Lipinski definition) is 1. The van der Waals surface area contributed by atoms with E-state index in [0.29, 0.717) is 0 Å². The summed E-state index contributed by atoms with van der Waals surface area (Å²) < 4.78 is 51.0. The molecule has 2 aromatic carbocycles. The van der Waals surface area contributed by atoms with E-state index in [1.807, 2.05) is 0 Å². The van der Waals surface area contributed by atoms with Gasteiger partial charge in [0.05, 0.1) is 10.0 Å². The van der Waals surface area contributed by atoms with E-state index in [1.54, 1.807) is 0 Å². The monoisotopic (exact) mass is 360 g/mol. The molecule has 0 saturated heterocycles. The molecule has 1 nitrogen and oxygen atoms in total. The van der Waals surface area contributed by atoms with Crippen LogP contribution in [-0.4, -0.2) is 5.78 Å². The van der Waals surface area contributed by atoms with Crippen LogP contribution in [0.5, 0.6) is 0 Å². The Morgan fingerprint density at radius 2 is 1.76 bits per heavy atom. The Morgan fingerprint density at radius 3 is 2.29 bits per heavy atom. The second-order valence-electron chi connectivity index (χ2n) is 4.49. The van der Waals surface area contributed by atoms with Gasteiger partial charge < -0.3 is 0 Å². The minimum atomic E-state index is -4.45. The lowest BCUT2D eigenvalue weighted by atomic mass is 9.97. The second-order valence-corrected chi connectivity index (χ2v) is 5.34. The third-order valence-electron chi connectivity index (χ3n) is 2.98. The molecule has 0 bridgehead atoms. The number of aryl methyl sites for hydroxylation is 1. The van der Waals surface area contributed by atoms with Gasteiger partial charge in [-0.1, -0.05) is 6.07 Å². The molecule has 0 N–H and O–H groups in total. The highest BCUT2D eigenvalue weighted by atomic mass is 79.9. The Balaban J connectivity index is 2.42. The quantitative estimate of drug-likeness (QED) is 0.534. The van der Waals surface area contributed by atoms with Crippen LogP contribution in [0.1, 0.15) is 27.0 Å². The Kier molecular flexibility index (Phi) is 4.18. The maximum Gasteiger partial charge on any atom is 0.416 e. The molecule has 0 aliphatic carbocycles. The average Bonchev–Trinajstić information content (AvgIpc) is 2.40. The molecule has 0 atom stereocenters. The maximum absolute atomic E-state index is 13.1. The molecule has 2 aromatic rings. The van der Waals surface area contributed by atoms with Crippen LogP contribution in [0, 0.1) is 12.7 Å². The van der Waals surface area contributed by atoms with Crippen LogP contribution < -0.4 is 0 Å². The lowest BCUT2D eigenvalue weighted by molar-refractivity contribution is -0.137. The molecule has 0 radical (unpaired) electrons. The van der Waals surface area contributed by atoms with Gasteiger partial charge in [0, 0.05) is 11.1 Å². The number of ketones is 1. The summed E-state index contributed by atoms with van der Waals surface area (Å²) in [6.45, 7) is 1.43. The molecule has 2 rings (SSSR count). The van der Waals surface area contributed by atoms with Gasteiger partial charge >= 0.3 is 6.18 Å². The Morgan fingerprint density at radius 1 is 1.10 bits per heavy atom. The van der Waals surface area contributed by atoms with Crippen molar-refractivity contribution in [3.8, 4) is 0 Å². The number of alkyl halides is 3. The third-order valence-corrected chi connectivity index (χ3v) is 3.59. The standard InChI is InChI=1S/C15H9BrF4O/c1-8-6-10(15(18,19)20)3-4-11(8)14(21)9-2-5-13(17)12(16)7-9/h2-7H,1H3. The number of benzene rings is 2. The summed E-state index contributed by atoms with van der Waals surface area (Å²) in [5.74, 6) is -0.974. The predicted octanol–water partition coefficient (Wildman–Crippen LogP) is 5.15. The summed E-state index contributed by atoms with van der Waals surface area (Å²) in [6.07, 6.45) is -4.45. The SMILES string of the molecule is Cc1cc(C(F)(F)F)ccc1C(=O)c1ccc(F)c(Br)c1. The zero-order valence-corrected chi connectivity index (χ0v) is 12.3. The van der Waals surface area contributed by atoms with Crippen LogP contribution in [0.15, 0.2) is 40.9 Å². The highest BCUT2D eigenvalue weighted by Gasteiger charge is 2.31. The lowest BCUT2D eigenvalue weighted by Crippen LogP contribution is -2.09. The number of hydrogen-bond donors (Lipinski definition) is 0. The van der Waals surface area contributed by atoms with Crippen molar-refractivity contribution in [2.24, 2.45) is 0 Å². The van der Waals surface area contributed by atoms with Crippen LogP contribution in [0.25, 0.3) is 0 Å². The number of carbonyl (C=O) groups excluding carboxylic acids is 1. The smallest absolute Gasteiger partial charge is 0.289 e. The fourth-order valence-corrected chi connectivity index (χ4v) is 2.27. The topological polar surface area (TPSA) is 17.1 Å². The van der Waals surface area contributed by atoms with E-state index in [0.717, 1.165) is 24.3 Å². The molecule has 0 unspecified atom stereocenters. The first-order valence-corrected chi connectivity index (χ1v) is 6.67. The maximum atomic E-state index is 13.1. The fourth-order valence-electron chi connectivity index (χ4n) is 1.89. The molecule has 0 fully saturated rings. The Hall–Kier alpha value is -1.69. The molecule has 0 saturated carbocycles. The van der Waals surface area contributed by atoms with Crippen LogP contribution in [0.3, 0.4) is 0 Å². The van der Waals surface area contributed by atoms with Crippen LogP contribution in [0.2, 0.25) is 0 Å². The average molecular weight is 361 g/mol. The molecule has 6 heteroatoms. The minimum Gasteiger partial charge on any atom is -0.289 e. The van der Waals surface area contributed by atoms with Gasteiger partial charge in [0.25, 0.3) is 0 Å². The molecule has 0 heterocycles. The van der Waals surface area contributed by atoms with E-state index >= 15 is 0 Å². The van der Waals surface area contributed by atoms with Crippen molar-refractivity contribution in [2.75, 3.05) is 0 Å². The predicted molar refractivity (Wildman–Crippen MR) is 73.7 cm³/mol. The van der Waals surface area contributed by atoms with Gasteiger partial charge in [-0.3, -0.25) is 4.79 Å². The minimum absolute atomic E-state index is 0.123. The van der Waals surface area contributed by atoms with Gasteiger partial charge in [-0.15, -0.1) is 0 Å². The van der Waals surface area contributed by atoms with Gasteiger partial charge in [-0.05, 0) is 58.7 Å². The third kappa shape index (κ3) is 3.32. The first kappa shape index (κ1) is 15.7. The van der Waals surface area contributed by atoms with E-state index in [-0.39, 0.29) is 21.2 Å². The summed E-state index contributed by atoms with van der Waals surface area (Å²) >= 11 is 2.97. The fraction of sp³-hybridized carbons (Fsp3) is 0.133. The molecule has 0 aromatic heterocycles. The van der Waals surface area contributed by atoms with E-state index in [9.17, 15) is 22.4 Å². The van der Waals surface area contributed by atoms with Gasteiger partial charge in [-0.2, -0.15) is 13.2 Å². The number of carbonyl (C=O) groups is 1. The van der Waals surface area contributed by atoms with E-state index in [1.165, 1.54) is 19.1 Å². The second kappa shape index (κ2) is 5.60. The van der Waals surface area contributed by atoms with Crippen molar-refractivity contribution in [3.63, 3.8) is 0 Å². The molecule has 21 heavy (non-hydrogen) atoms. The van der Waals surface area contributed by atoms with Gasteiger partial charge in [-0.25, -0.2) is 4.39 Å². The van der Waals surface area contributed by atoms with Crippen molar-refractivity contribution in [2.45, 2.75) is 13.1 Å². The van der Waals surface area contributed by atoms with Crippen molar-refractivity contribution in [1.29, 1.82) is 0 Å². The molecular weight excluding hydrogens is 352 g/mol. The summed E-state index contributed by atoms with van der Waals surface area (Å²) in [5.41, 5.74) is -0.236. The zero-order chi connectivity index (χ0) is 15.8. The summed E-state index contributed by atoms with van der Waals surface area (Å²) in [6, 6.07) is 6.63. The largest absolute Gasteiger partial charge is 0.416 e. The molecule has 0 aliphatic heterocycles. The number of rotatable bonds is 2. The van der Waals surface area contributed by atoms with Gasteiger partial charge in [0.15, 0.2) is 5.78 Å². The lowest BCUT2D eigenvalue weighted by Gasteiger charge is -2.10. The molecule has 0 spiro atoms. The van der Waals surface area contributed by atoms with E-state index < -0.39 is 23.3 Å². The zero-order valence-electron chi connectivity index (χ0n) is 10.8. The normalized spacial score (nSPS) is 11.5. The first-order valence-electron chi connectivity index (χ1n) is 5.88. The molecule has 110 valence electrons. The van der Waals surface area contributed by atoms with Crippen LogP contribution in [0.4, 0.5) is 17.6 Å². The summed E-state index contributed by atoms with van der Waals surface area (Å²) in [7, 11) is 0. The van der Waals surface area contributed by atoms with Crippen molar-refractivity contribution in [1.82, 2.24) is 0 Å². The first-order chi connectivity index (χ1) is 9.70. The van der Waals surface area contributed by atoms with E-state index in [4.69, 9.17) is 0 Å². The Bertz CT molecular complexity index is 707. The highest BCUT2D eigenvalue weighted by molar-refractivity contribution is 9.10. The van der Waals surface area contributed by atoms with Crippen LogP contribution in [-0.2, 0) is 6.18 Å². The number of halogens is 5. The molecule has 0 amide bonds. The summed E-state index contributed by atoms with van der Waals surface area (Å²) in [5, 5.41) is 0. The molecular formula is C15H9BrF4O. The Labute approximate surface area is 126 Å². The van der Waals surface area contributed by atoms with Crippen LogP contribution >= 0.6 is 15.9 Å². The highest BCUT2D eigenvalue weighted by Crippen LogP contribution is 2.31. The summed E-state index contributed by atoms with van der Waals surface area (Å²) in [4.78, 5) is 12.3. The van der Waals surface area contributed by atoms with Gasteiger partial charge in [0.1, 0.15) is 5.82 Å². The molecule has 0 aliphatic rings. The van der Waals surface area contributed by atoms with E-state index in [2.05, 4.69) is 15.9 Å². The van der Waals surface area contributed by atoms with Crippen molar-refractivity contribution < 1.29 is 22.4 Å².